The van der Waals surface area contributed by atoms with Crippen molar-refractivity contribution in [3.8, 4) is 0 Å². The largest absolute Gasteiger partial charge is 0.338 e. The van der Waals surface area contributed by atoms with E-state index in [9.17, 15) is 4.79 Å². The Kier molecular flexibility index (Phi) is 25.9. The highest BCUT2D eigenvalue weighted by Gasteiger charge is 2.12. The molecule has 0 fully saturated rings. The molecule has 0 atom stereocenters. The van der Waals surface area contributed by atoms with Gasteiger partial charge in [-0.15, -0.1) is 0 Å². The maximum absolute atomic E-state index is 12.8. The van der Waals surface area contributed by atoms with Crippen LogP contribution in [-0.4, -0.2) is 30.6 Å². The van der Waals surface area contributed by atoms with Crippen LogP contribution in [0.4, 0.5) is 4.79 Å². The quantitative estimate of drug-likeness (QED) is 0.137. The van der Waals surface area contributed by atoms with Crippen LogP contribution in [0.2, 0.25) is 0 Å². The number of amides is 2. The molecule has 0 saturated heterocycles. The third-order valence-electron chi connectivity index (χ3n) is 6.66. The van der Waals surface area contributed by atoms with Gasteiger partial charge in [0, 0.05) is 19.6 Å². The van der Waals surface area contributed by atoms with E-state index in [0.29, 0.717) is 0 Å². The maximum Gasteiger partial charge on any atom is 0.317 e. The van der Waals surface area contributed by atoms with Crippen LogP contribution >= 0.6 is 0 Å². The number of rotatable bonds is 25. The van der Waals surface area contributed by atoms with Gasteiger partial charge in [-0.1, -0.05) is 143 Å². The fourth-order valence-corrected chi connectivity index (χ4v) is 4.40. The van der Waals surface area contributed by atoms with Crippen LogP contribution in [0.5, 0.6) is 0 Å². The van der Waals surface area contributed by atoms with Crippen LogP contribution in [0, 0.1) is 0 Å². The molecule has 0 unspecified atom stereocenters. The van der Waals surface area contributed by atoms with Crippen molar-refractivity contribution in [2.24, 2.45) is 0 Å². The Morgan fingerprint density at radius 1 is 0.469 bits per heavy atom. The average Bonchev–Trinajstić information content (AvgIpc) is 2.80. The molecule has 3 heteroatoms. The lowest BCUT2D eigenvalue weighted by molar-refractivity contribution is 0.195. The van der Waals surface area contributed by atoms with E-state index in [2.05, 4.69) is 31.0 Å². The van der Waals surface area contributed by atoms with E-state index in [1.807, 2.05) is 0 Å². The summed E-state index contributed by atoms with van der Waals surface area (Å²) in [6.07, 6.45) is 28.9. The Balaban J connectivity index is 3.92. The topological polar surface area (TPSA) is 32.3 Å². The highest BCUT2D eigenvalue weighted by atomic mass is 16.2. The average molecular weight is 453 g/mol. The molecule has 0 saturated carbocycles. The van der Waals surface area contributed by atoms with Crippen LogP contribution < -0.4 is 5.32 Å². The van der Waals surface area contributed by atoms with E-state index in [0.717, 1.165) is 38.9 Å². The molecular weight excluding hydrogens is 392 g/mol. The Hall–Kier alpha value is -0.730. The standard InChI is InChI=1S/C29H60N2O/c1-4-7-10-13-16-17-18-19-20-23-26-30-29(32)31(27-24-21-14-11-8-5-2)28-25-22-15-12-9-6-3/h4-28H2,1-3H3,(H,30,32). The van der Waals surface area contributed by atoms with Crippen molar-refractivity contribution in [1.29, 1.82) is 0 Å². The number of carbonyl (C=O) groups excluding carboxylic acids is 1. The van der Waals surface area contributed by atoms with Gasteiger partial charge >= 0.3 is 6.03 Å². The Morgan fingerprint density at radius 2 is 0.781 bits per heavy atom. The molecule has 0 rings (SSSR count). The summed E-state index contributed by atoms with van der Waals surface area (Å²) in [5, 5.41) is 3.22. The van der Waals surface area contributed by atoms with Crippen molar-refractivity contribution in [2.45, 2.75) is 162 Å². The zero-order valence-electron chi connectivity index (χ0n) is 22.5. The molecule has 0 aliphatic rings. The van der Waals surface area contributed by atoms with Crippen LogP contribution in [0.3, 0.4) is 0 Å². The first-order valence-corrected chi connectivity index (χ1v) is 14.8. The predicted molar refractivity (Wildman–Crippen MR) is 144 cm³/mol. The molecule has 0 aromatic carbocycles. The molecule has 0 bridgehead atoms. The number of nitrogens with zero attached hydrogens (tertiary/aromatic N) is 1. The van der Waals surface area contributed by atoms with Gasteiger partial charge in [-0.05, 0) is 19.3 Å². The SMILES string of the molecule is CCCCCCCCCCCCNC(=O)N(CCCCCCCC)CCCCCCCC. The Morgan fingerprint density at radius 3 is 1.16 bits per heavy atom. The number of carbonyl (C=O) groups is 1. The first-order valence-electron chi connectivity index (χ1n) is 14.8. The zero-order valence-corrected chi connectivity index (χ0v) is 22.5. The van der Waals surface area contributed by atoms with Crippen molar-refractivity contribution in [3.63, 3.8) is 0 Å². The predicted octanol–water partition coefficient (Wildman–Crippen LogP) is 9.64. The minimum absolute atomic E-state index is 0.183. The first kappa shape index (κ1) is 31.3. The summed E-state index contributed by atoms with van der Waals surface area (Å²) in [5.74, 6) is 0. The minimum Gasteiger partial charge on any atom is -0.338 e. The van der Waals surface area contributed by atoms with Gasteiger partial charge in [0.2, 0.25) is 0 Å². The Labute approximate surface area is 202 Å². The normalized spacial score (nSPS) is 11.1. The van der Waals surface area contributed by atoms with E-state index in [1.54, 1.807) is 0 Å². The van der Waals surface area contributed by atoms with E-state index in [4.69, 9.17) is 0 Å². The van der Waals surface area contributed by atoms with Gasteiger partial charge in [-0.25, -0.2) is 4.79 Å². The lowest BCUT2D eigenvalue weighted by Gasteiger charge is -2.23. The second-order valence-electron chi connectivity index (χ2n) is 9.94. The molecule has 32 heavy (non-hydrogen) atoms. The van der Waals surface area contributed by atoms with Gasteiger partial charge in [-0.3, -0.25) is 0 Å². The third kappa shape index (κ3) is 22.5. The van der Waals surface area contributed by atoms with Gasteiger partial charge in [-0.2, -0.15) is 0 Å². The van der Waals surface area contributed by atoms with E-state index in [1.165, 1.54) is 122 Å². The number of urea groups is 1. The number of hydrogen-bond donors (Lipinski definition) is 1. The lowest BCUT2D eigenvalue weighted by Crippen LogP contribution is -2.41. The van der Waals surface area contributed by atoms with Gasteiger partial charge in [0.25, 0.3) is 0 Å². The van der Waals surface area contributed by atoms with Gasteiger partial charge < -0.3 is 10.2 Å². The molecule has 1 N–H and O–H groups in total. The van der Waals surface area contributed by atoms with Gasteiger partial charge in [0.1, 0.15) is 0 Å². The minimum atomic E-state index is 0.183. The van der Waals surface area contributed by atoms with E-state index in [-0.39, 0.29) is 6.03 Å². The summed E-state index contributed by atoms with van der Waals surface area (Å²) in [5.41, 5.74) is 0. The van der Waals surface area contributed by atoms with E-state index >= 15 is 0 Å². The molecule has 192 valence electrons. The van der Waals surface area contributed by atoms with Crippen LogP contribution in [0.25, 0.3) is 0 Å². The summed E-state index contributed by atoms with van der Waals surface area (Å²) >= 11 is 0. The lowest BCUT2D eigenvalue weighted by atomic mass is 10.1. The summed E-state index contributed by atoms with van der Waals surface area (Å²) in [6.45, 7) is 9.53. The fraction of sp³-hybridized carbons (Fsp3) is 0.966. The summed E-state index contributed by atoms with van der Waals surface area (Å²) in [6, 6.07) is 0.183. The molecule has 0 spiro atoms. The summed E-state index contributed by atoms with van der Waals surface area (Å²) in [7, 11) is 0. The maximum atomic E-state index is 12.8. The number of hydrogen-bond acceptors (Lipinski definition) is 1. The van der Waals surface area contributed by atoms with Crippen molar-refractivity contribution in [1.82, 2.24) is 10.2 Å². The second kappa shape index (κ2) is 26.5. The van der Waals surface area contributed by atoms with Crippen molar-refractivity contribution in [2.75, 3.05) is 19.6 Å². The molecule has 0 radical (unpaired) electrons. The zero-order chi connectivity index (χ0) is 23.5. The van der Waals surface area contributed by atoms with Gasteiger partial charge in [0.05, 0.1) is 0 Å². The smallest absolute Gasteiger partial charge is 0.317 e. The van der Waals surface area contributed by atoms with Gasteiger partial charge in [0.15, 0.2) is 0 Å². The molecule has 2 amide bonds. The van der Waals surface area contributed by atoms with Crippen molar-refractivity contribution < 1.29 is 4.79 Å². The van der Waals surface area contributed by atoms with E-state index < -0.39 is 0 Å². The van der Waals surface area contributed by atoms with Crippen LogP contribution in [0.1, 0.15) is 162 Å². The van der Waals surface area contributed by atoms with Crippen molar-refractivity contribution in [3.05, 3.63) is 0 Å². The molecule has 0 aromatic heterocycles. The van der Waals surface area contributed by atoms with Crippen LogP contribution in [-0.2, 0) is 0 Å². The molecule has 0 heterocycles. The molecule has 0 aliphatic carbocycles. The highest BCUT2D eigenvalue weighted by molar-refractivity contribution is 5.74. The fourth-order valence-electron chi connectivity index (χ4n) is 4.40. The third-order valence-corrected chi connectivity index (χ3v) is 6.66. The second-order valence-corrected chi connectivity index (χ2v) is 9.94. The Bertz CT molecular complexity index is 356. The number of unbranched alkanes of at least 4 members (excludes halogenated alkanes) is 19. The summed E-state index contributed by atoms with van der Waals surface area (Å²) in [4.78, 5) is 14.9. The molecule has 3 nitrogen and oxygen atoms in total. The first-order chi connectivity index (χ1) is 15.8. The van der Waals surface area contributed by atoms with Crippen molar-refractivity contribution >= 4 is 6.03 Å². The monoisotopic (exact) mass is 452 g/mol. The summed E-state index contributed by atoms with van der Waals surface area (Å²) < 4.78 is 0. The molecule has 0 aromatic rings. The molecular formula is C29H60N2O. The highest BCUT2D eigenvalue weighted by Crippen LogP contribution is 2.11. The number of nitrogens with one attached hydrogen (secondary N) is 1. The van der Waals surface area contributed by atoms with Crippen LogP contribution in [0.15, 0.2) is 0 Å². The molecule has 0 aliphatic heterocycles.